The molecule has 0 spiro atoms. The number of rotatable bonds is 8. The maximum atomic E-state index is 12.8. The number of hydrogen-bond donors (Lipinski definition) is 2. The number of carbonyl (C=O) groups excluding carboxylic acids is 1. The Balaban J connectivity index is 1.31. The minimum atomic E-state index is -4.42. The standard InChI is InChI=1S/C29H24F3N3O3/c30-29(31,32)22-4-3-5-24(18-22)38-17-16-37-23-14-12-20(13-15-23)19-8-10-21(11-9-19)27(34)35-28(36)25-6-1-2-7-26(25)33/h1-15,18H,16-17,33H2,(H2,34,35,36). The van der Waals surface area contributed by atoms with Crippen molar-refractivity contribution in [1.29, 1.82) is 0 Å². The lowest BCUT2D eigenvalue weighted by molar-refractivity contribution is -0.137. The van der Waals surface area contributed by atoms with Crippen LogP contribution in [0.5, 0.6) is 11.5 Å². The third-order valence-electron chi connectivity index (χ3n) is 5.56. The summed E-state index contributed by atoms with van der Waals surface area (Å²) in [6.07, 6.45) is -4.42. The molecule has 194 valence electrons. The van der Waals surface area contributed by atoms with Crippen molar-refractivity contribution in [3.8, 4) is 22.6 Å². The van der Waals surface area contributed by atoms with E-state index in [2.05, 4.69) is 4.99 Å². The first kappa shape index (κ1) is 26.3. The average Bonchev–Trinajstić information content (AvgIpc) is 2.91. The molecule has 0 saturated carbocycles. The van der Waals surface area contributed by atoms with Gasteiger partial charge in [0, 0.05) is 11.3 Å². The number of ether oxygens (including phenoxy) is 2. The molecule has 4 aromatic rings. The van der Waals surface area contributed by atoms with E-state index >= 15 is 0 Å². The molecule has 1 amide bonds. The summed E-state index contributed by atoms with van der Waals surface area (Å²) < 4.78 is 49.4. The second-order valence-electron chi connectivity index (χ2n) is 8.21. The third kappa shape index (κ3) is 6.70. The van der Waals surface area contributed by atoms with Gasteiger partial charge in [-0.2, -0.15) is 18.2 Å². The molecule has 9 heteroatoms. The number of aliphatic imine (C=N–C) groups is 1. The molecule has 38 heavy (non-hydrogen) atoms. The highest BCUT2D eigenvalue weighted by atomic mass is 19.4. The lowest BCUT2D eigenvalue weighted by Crippen LogP contribution is -2.16. The second kappa shape index (κ2) is 11.5. The fourth-order valence-electron chi connectivity index (χ4n) is 3.58. The van der Waals surface area contributed by atoms with Crippen molar-refractivity contribution in [2.24, 2.45) is 10.7 Å². The van der Waals surface area contributed by atoms with Crippen LogP contribution in [0.15, 0.2) is 102 Å². The maximum absolute atomic E-state index is 12.8. The van der Waals surface area contributed by atoms with Crippen molar-refractivity contribution in [2.45, 2.75) is 6.18 Å². The lowest BCUT2D eigenvalue weighted by atomic mass is 10.0. The molecule has 4 aromatic carbocycles. The van der Waals surface area contributed by atoms with E-state index in [-0.39, 0.29) is 30.4 Å². The first-order chi connectivity index (χ1) is 18.2. The number of amides is 1. The molecule has 6 nitrogen and oxygen atoms in total. The van der Waals surface area contributed by atoms with Gasteiger partial charge < -0.3 is 20.9 Å². The van der Waals surface area contributed by atoms with Crippen LogP contribution in [0.3, 0.4) is 0 Å². The Kier molecular flexibility index (Phi) is 7.96. The fourth-order valence-corrected chi connectivity index (χ4v) is 3.58. The highest BCUT2D eigenvalue weighted by Crippen LogP contribution is 2.31. The number of halogens is 3. The number of nitrogens with zero attached hydrogens (tertiary/aromatic N) is 1. The van der Waals surface area contributed by atoms with E-state index in [4.69, 9.17) is 20.9 Å². The molecule has 0 aromatic heterocycles. The number of para-hydroxylation sites is 1. The van der Waals surface area contributed by atoms with Crippen LogP contribution < -0.4 is 20.9 Å². The van der Waals surface area contributed by atoms with Crippen LogP contribution in [-0.4, -0.2) is 25.0 Å². The van der Waals surface area contributed by atoms with E-state index in [9.17, 15) is 18.0 Å². The molecule has 4 rings (SSSR count). The molecule has 0 heterocycles. The quantitative estimate of drug-likeness (QED) is 0.130. The first-order valence-electron chi connectivity index (χ1n) is 11.6. The van der Waals surface area contributed by atoms with Crippen molar-refractivity contribution in [3.05, 3.63) is 114 Å². The molecule has 0 aliphatic heterocycles. The maximum Gasteiger partial charge on any atom is 0.416 e. The minimum absolute atomic E-state index is 0.0842. The zero-order valence-corrected chi connectivity index (χ0v) is 20.1. The smallest absolute Gasteiger partial charge is 0.416 e. The number of nitrogen functional groups attached to an aromatic ring is 1. The molecule has 0 aliphatic carbocycles. The molecular weight excluding hydrogens is 495 g/mol. The Bertz CT molecular complexity index is 1430. The van der Waals surface area contributed by atoms with Gasteiger partial charge in [-0.1, -0.05) is 54.6 Å². The summed E-state index contributed by atoms with van der Waals surface area (Å²) in [4.78, 5) is 16.3. The van der Waals surface area contributed by atoms with E-state index in [0.717, 1.165) is 23.3 Å². The average molecular weight is 520 g/mol. The van der Waals surface area contributed by atoms with Crippen LogP contribution in [0.4, 0.5) is 18.9 Å². The van der Waals surface area contributed by atoms with Crippen LogP contribution in [0.1, 0.15) is 21.5 Å². The Morgan fingerprint density at radius 1 is 0.763 bits per heavy atom. The van der Waals surface area contributed by atoms with Gasteiger partial charge in [0.2, 0.25) is 0 Å². The molecule has 0 unspecified atom stereocenters. The monoisotopic (exact) mass is 519 g/mol. The van der Waals surface area contributed by atoms with Crippen LogP contribution in [0.25, 0.3) is 11.1 Å². The summed E-state index contributed by atoms with van der Waals surface area (Å²) in [6.45, 7) is 0.253. The Labute approximate surface area is 217 Å². The molecule has 0 saturated heterocycles. The topological polar surface area (TPSA) is 99.9 Å². The van der Waals surface area contributed by atoms with Gasteiger partial charge in [0.25, 0.3) is 5.91 Å². The van der Waals surface area contributed by atoms with Crippen molar-refractivity contribution in [2.75, 3.05) is 18.9 Å². The summed E-state index contributed by atoms with van der Waals surface area (Å²) in [7, 11) is 0. The largest absolute Gasteiger partial charge is 0.490 e. The number of alkyl halides is 3. The molecule has 0 bridgehead atoms. The van der Waals surface area contributed by atoms with Gasteiger partial charge >= 0.3 is 6.18 Å². The number of carbonyl (C=O) groups is 1. The van der Waals surface area contributed by atoms with Gasteiger partial charge in [-0.15, -0.1) is 0 Å². The zero-order chi connectivity index (χ0) is 27.1. The van der Waals surface area contributed by atoms with E-state index < -0.39 is 17.6 Å². The van der Waals surface area contributed by atoms with Gasteiger partial charge in [-0.05, 0) is 53.6 Å². The third-order valence-corrected chi connectivity index (χ3v) is 5.56. The summed E-state index contributed by atoms with van der Waals surface area (Å²) in [6, 6.07) is 25.9. The number of nitrogens with two attached hydrogens (primary N) is 2. The Hall–Kier alpha value is -4.79. The van der Waals surface area contributed by atoms with Gasteiger partial charge in [-0.3, -0.25) is 4.79 Å². The summed E-state index contributed by atoms with van der Waals surface area (Å²) >= 11 is 0. The highest BCUT2D eigenvalue weighted by Gasteiger charge is 2.30. The number of amidine groups is 1. The molecule has 0 fully saturated rings. The van der Waals surface area contributed by atoms with Gasteiger partial charge in [0.15, 0.2) is 0 Å². The molecule has 4 N–H and O–H groups in total. The predicted molar refractivity (Wildman–Crippen MR) is 140 cm³/mol. The second-order valence-corrected chi connectivity index (χ2v) is 8.21. The van der Waals surface area contributed by atoms with Crippen LogP contribution >= 0.6 is 0 Å². The SMILES string of the molecule is NC(=NC(=O)c1ccccc1N)c1ccc(-c2ccc(OCCOc3cccc(C(F)(F)F)c3)cc2)cc1. The number of benzene rings is 4. The normalized spacial score (nSPS) is 11.7. The lowest BCUT2D eigenvalue weighted by Gasteiger charge is -2.11. The number of hydrogen-bond acceptors (Lipinski definition) is 4. The number of anilines is 1. The van der Waals surface area contributed by atoms with Crippen molar-refractivity contribution >= 4 is 17.4 Å². The predicted octanol–water partition coefficient (Wildman–Crippen LogP) is 5.96. The summed E-state index contributed by atoms with van der Waals surface area (Å²) in [5.41, 5.74) is 14.1. The van der Waals surface area contributed by atoms with E-state index in [1.807, 2.05) is 24.3 Å². The van der Waals surface area contributed by atoms with E-state index in [1.165, 1.54) is 12.1 Å². The summed E-state index contributed by atoms with van der Waals surface area (Å²) in [5.74, 6) is 0.288. The molecule has 0 radical (unpaired) electrons. The van der Waals surface area contributed by atoms with Gasteiger partial charge in [0.1, 0.15) is 30.5 Å². The Morgan fingerprint density at radius 2 is 1.37 bits per heavy atom. The summed E-state index contributed by atoms with van der Waals surface area (Å²) in [5, 5.41) is 0. The van der Waals surface area contributed by atoms with Crippen molar-refractivity contribution in [1.82, 2.24) is 0 Å². The molecule has 0 aliphatic rings. The van der Waals surface area contributed by atoms with Crippen LogP contribution in [-0.2, 0) is 6.18 Å². The van der Waals surface area contributed by atoms with E-state index in [1.54, 1.807) is 48.5 Å². The van der Waals surface area contributed by atoms with Gasteiger partial charge in [-0.25, -0.2) is 0 Å². The van der Waals surface area contributed by atoms with Crippen LogP contribution in [0, 0.1) is 0 Å². The Morgan fingerprint density at radius 3 is 2.00 bits per heavy atom. The van der Waals surface area contributed by atoms with Crippen LogP contribution in [0.2, 0.25) is 0 Å². The molecular formula is C29H24F3N3O3. The zero-order valence-electron chi connectivity index (χ0n) is 20.1. The highest BCUT2D eigenvalue weighted by molar-refractivity contribution is 6.10. The van der Waals surface area contributed by atoms with Crippen molar-refractivity contribution in [3.63, 3.8) is 0 Å². The van der Waals surface area contributed by atoms with Crippen molar-refractivity contribution < 1.29 is 27.4 Å². The van der Waals surface area contributed by atoms with Gasteiger partial charge in [0.05, 0.1) is 11.1 Å². The van der Waals surface area contributed by atoms with E-state index in [0.29, 0.717) is 17.0 Å². The minimum Gasteiger partial charge on any atom is -0.490 e. The molecule has 0 atom stereocenters. The first-order valence-corrected chi connectivity index (χ1v) is 11.6. The fraction of sp³-hybridized carbons (Fsp3) is 0.103.